The molecule has 0 bridgehead atoms. The first kappa shape index (κ1) is 17.9. The maximum atomic E-state index is 13.6. The fourth-order valence-corrected chi connectivity index (χ4v) is 4.23. The minimum Gasteiger partial charge on any atom is -0.383 e. The molecule has 0 radical (unpaired) electrons. The van der Waals surface area contributed by atoms with Crippen LogP contribution in [0.4, 0.5) is 26.4 Å². The topological polar surface area (TPSA) is 98.1 Å². The number of anilines is 3. The molecular weight excluding hydrogens is 377 g/mol. The van der Waals surface area contributed by atoms with E-state index in [0.717, 1.165) is 26.2 Å². The third-order valence-electron chi connectivity index (χ3n) is 4.39. The average molecular weight is 393 g/mol. The molecule has 0 spiro atoms. The summed E-state index contributed by atoms with van der Waals surface area (Å²) in [6, 6.07) is 12.3. The quantitative estimate of drug-likeness (QED) is 0.531. The molecule has 0 fully saturated rings. The first-order chi connectivity index (χ1) is 13.5. The smallest absolute Gasteiger partial charge is 0.323 e. The summed E-state index contributed by atoms with van der Waals surface area (Å²) in [6.07, 6.45) is 1.45. The summed E-state index contributed by atoms with van der Waals surface area (Å²) >= 11 is 1.54. The van der Waals surface area contributed by atoms with Crippen molar-refractivity contribution in [2.75, 3.05) is 10.6 Å². The number of carbonyl (C=O) groups excluding carboxylic acids is 1. The Balaban J connectivity index is 1.79. The van der Waals surface area contributed by atoms with E-state index in [1.165, 1.54) is 29.4 Å². The SMILES string of the molecule is Cc1sc2ncnc(N)c2c1-c1ccc(N(C(N)=O)c2cccc(F)c2)cc1. The number of fused-ring (bicyclic) bond motifs is 1. The highest BCUT2D eigenvalue weighted by molar-refractivity contribution is 7.19. The molecule has 4 rings (SSSR count). The zero-order chi connectivity index (χ0) is 19.8. The molecule has 0 aliphatic rings. The number of hydrogen-bond donors (Lipinski definition) is 2. The van der Waals surface area contributed by atoms with Gasteiger partial charge in [-0.3, -0.25) is 4.90 Å². The van der Waals surface area contributed by atoms with Crippen molar-refractivity contribution in [2.24, 2.45) is 5.73 Å². The third-order valence-corrected chi connectivity index (χ3v) is 5.41. The Morgan fingerprint density at radius 3 is 2.54 bits per heavy atom. The van der Waals surface area contributed by atoms with E-state index in [0.29, 0.717) is 17.2 Å². The first-order valence-corrected chi connectivity index (χ1v) is 9.22. The molecule has 2 heterocycles. The van der Waals surface area contributed by atoms with E-state index >= 15 is 0 Å². The second-order valence-corrected chi connectivity index (χ2v) is 7.38. The Kier molecular flexibility index (Phi) is 4.40. The van der Waals surface area contributed by atoms with E-state index < -0.39 is 11.8 Å². The lowest BCUT2D eigenvalue weighted by Gasteiger charge is -2.21. The van der Waals surface area contributed by atoms with Gasteiger partial charge in [0.2, 0.25) is 0 Å². The normalized spacial score (nSPS) is 10.9. The summed E-state index contributed by atoms with van der Waals surface area (Å²) in [5.41, 5.74) is 14.4. The minimum atomic E-state index is -0.701. The van der Waals surface area contributed by atoms with Crippen LogP contribution in [-0.4, -0.2) is 16.0 Å². The monoisotopic (exact) mass is 393 g/mol. The van der Waals surface area contributed by atoms with Gasteiger partial charge in [0.25, 0.3) is 0 Å². The van der Waals surface area contributed by atoms with Crippen LogP contribution in [-0.2, 0) is 0 Å². The van der Waals surface area contributed by atoms with Crippen LogP contribution in [0.5, 0.6) is 0 Å². The van der Waals surface area contributed by atoms with Crippen LogP contribution < -0.4 is 16.4 Å². The molecular formula is C20H16FN5OS. The molecule has 0 atom stereocenters. The van der Waals surface area contributed by atoms with Crippen molar-refractivity contribution in [1.29, 1.82) is 0 Å². The number of primary amides is 1. The van der Waals surface area contributed by atoms with Crippen molar-refractivity contribution in [3.63, 3.8) is 0 Å². The van der Waals surface area contributed by atoms with Gasteiger partial charge in [0, 0.05) is 10.4 Å². The first-order valence-electron chi connectivity index (χ1n) is 8.41. The van der Waals surface area contributed by atoms with E-state index in [4.69, 9.17) is 11.5 Å². The van der Waals surface area contributed by atoms with Gasteiger partial charge in [-0.2, -0.15) is 0 Å². The fraction of sp³-hybridized carbons (Fsp3) is 0.0500. The summed E-state index contributed by atoms with van der Waals surface area (Å²) < 4.78 is 13.6. The predicted octanol–water partition coefficient (Wildman–Crippen LogP) is 4.60. The van der Waals surface area contributed by atoms with Crippen molar-refractivity contribution in [1.82, 2.24) is 9.97 Å². The van der Waals surface area contributed by atoms with Gasteiger partial charge in [-0.25, -0.2) is 19.2 Å². The van der Waals surface area contributed by atoms with Crippen molar-refractivity contribution in [3.05, 3.63) is 65.6 Å². The number of hydrogen-bond acceptors (Lipinski definition) is 5. The number of halogens is 1. The van der Waals surface area contributed by atoms with Gasteiger partial charge in [0.05, 0.1) is 16.8 Å². The van der Waals surface area contributed by atoms with Gasteiger partial charge in [0.1, 0.15) is 22.8 Å². The van der Waals surface area contributed by atoms with E-state index in [1.54, 1.807) is 29.5 Å². The molecule has 0 aliphatic heterocycles. The zero-order valence-electron chi connectivity index (χ0n) is 14.9. The highest BCUT2D eigenvalue weighted by Crippen LogP contribution is 2.40. The number of amides is 2. The molecule has 4 aromatic rings. The number of nitrogens with two attached hydrogens (primary N) is 2. The fourth-order valence-electron chi connectivity index (χ4n) is 3.21. The lowest BCUT2D eigenvalue weighted by atomic mass is 10.0. The third kappa shape index (κ3) is 3.03. The molecule has 6 nitrogen and oxygen atoms in total. The number of urea groups is 1. The Bertz CT molecular complexity index is 1190. The van der Waals surface area contributed by atoms with Crippen LogP contribution in [0.3, 0.4) is 0 Å². The average Bonchev–Trinajstić information content (AvgIpc) is 3.00. The Hall–Kier alpha value is -3.52. The number of aromatic nitrogens is 2. The molecule has 2 aromatic heterocycles. The summed E-state index contributed by atoms with van der Waals surface area (Å²) in [4.78, 5) is 23.5. The van der Waals surface area contributed by atoms with E-state index in [2.05, 4.69) is 9.97 Å². The van der Waals surface area contributed by atoms with Gasteiger partial charge >= 0.3 is 6.03 Å². The molecule has 0 saturated carbocycles. The number of thiophene rings is 1. The molecule has 2 amide bonds. The number of benzene rings is 2. The minimum absolute atomic E-state index is 0.357. The van der Waals surface area contributed by atoms with Crippen molar-refractivity contribution < 1.29 is 9.18 Å². The van der Waals surface area contributed by atoms with Crippen LogP contribution in [0.1, 0.15) is 4.88 Å². The van der Waals surface area contributed by atoms with E-state index in [1.807, 2.05) is 19.1 Å². The van der Waals surface area contributed by atoms with Crippen LogP contribution in [0, 0.1) is 12.7 Å². The molecule has 28 heavy (non-hydrogen) atoms. The second kappa shape index (κ2) is 6.90. The predicted molar refractivity (Wildman–Crippen MR) is 110 cm³/mol. The molecule has 2 aromatic carbocycles. The molecule has 0 aliphatic carbocycles. The van der Waals surface area contributed by atoms with E-state index in [-0.39, 0.29) is 0 Å². The number of aryl methyl sites for hydroxylation is 1. The molecule has 0 unspecified atom stereocenters. The number of carbonyl (C=O) groups is 1. The van der Waals surface area contributed by atoms with Crippen LogP contribution in [0.15, 0.2) is 54.9 Å². The Morgan fingerprint density at radius 2 is 1.86 bits per heavy atom. The number of nitrogens with zero attached hydrogens (tertiary/aromatic N) is 3. The van der Waals surface area contributed by atoms with Gasteiger partial charge in [-0.1, -0.05) is 18.2 Å². The molecule has 0 saturated heterocycles. The van der Waals surface area contributed by atoms with Crippen molar-refractivity contribution in [2.45, 2.75) is 6.92 Å². The Labute approximate surface area is 164 Å². The van der Waals surface area contributed by atoms with Gasteiger partial charge in [-0.05, 0) is 42.8 Å². The summed E-state index contributed by atoms with van der Waals surface area (Å²) in [7, 11) is 0. The Morgan fingerprint density at radius 1 is 1.11 bits per heavy atom. The standard InChI is InChI=1S/C20H16FN5OS/c1-11-16(17-18(22)24-10-25-19(17)28-11)12-5-7-14(8-6-12)26(20(23)27)15-4-2-3-13(21)9-15/h2-10H,1H3,(H2,23,27)(H2,22,24,25). The molecule has 8 heteroatoms. The van der Waals surface area contributed by atoms with Crippen molar-refractivity contribution in [3.8, 4) is 11.1 Å². The number of nitrogen functional groups attached to an aromatic ring is 1. The van der Waals surface area contributed by atoms with Crippen molar-refractivity contribution >= 4 is 44.8 Å². The highest BCUT2D eigenvalue weighted by atomic mass is 32.1. The summed E-state index contributed by atoms with van der Waals surface area (Å²) in [6.45, 7) is 2.00. The number of rotatable bonds is 3. The van der Waals surface area contributed by atoms with E-state index in [9.17, 15) is 9.18 Å². The largest absolute Gasteiger partial charge is 0.383 e. The van der Waals surface area contributed by atoms with Gasteiger partial charge in [0.15, 0.2) is 0 Å². The maximum Gasteiger partial charge on any atom is 0.323 e. The lowest BCUT2D eigenvalue weighted by molar-refractivity contribution is 0.256. The lowest BCUT2D eigenvalue weighted by Crippen LogP contribution is -2.31. The molecule has 140 valence electrons. The van der Waals surface area contributed by atoms with Gasteiger partial charge < -0.3 is 11.5 Å². The van der Waals surface area contributed by atoms with Crippen LogP contribution in [0.2, 0.25) is 0 Å². The maximum absolute atomic E-state index is 13.6. The van der Waals surface area contributed by atoms with Gasteiger partial charge in [-0.15, -0.1) is 11.3 Å². The zero-order valence-corrected chi connectivity index (χ0v) is 15.7. The highest BCUT2D eigenvalue weighted by Gasteiger charge is 2.18. The summed E-state index contributed by atoms with van der Waals surface area (Å²) in [5.74, 6) is -0.0248. The van der Waals surface area contributed by atoms with Crippen LogP contribution in [0.25, 0.3) is 21.3 Å². The van der Waals surface area contributed by atoms with Crippen LogP contribution >= 0.6 is 11.3 Å². The summed E-state index contributed by atoms with van der Waals surface area (Å²) in [5, 5.41) is 0.814. The second-order valence-electron chi connectivity index (χ2n) is 6.17. The molecule has 4 N–H and O–H groups in total.